The topological polar surface area (TPSA) is 135 Å². The number of rotatable bonds is 5. The molecular weight excluding hydrogens is 492 g/mol. The third kappa shape index (κ3) is 3.65. The van der Waals surface area contributed by atoms with Gasteiger partial charge in [0.2, 0.25) is 9.84 Å². The van der Waals surface area contributed by atoms with E-state index in [4.69, 9.17) is 19.3 Å². The van der Waals surface area contributed by atoms with Crippen molar-refractivity contribution in [3.05, 3.63) is 103 Å². The summed E-state index contributed by atoms with van der Waals surface area (Å²) in [5.41, 5.74) is 5.75. The maximum atomic E-state index is 13.9. The molecule has 0 radical (unpaired) electrons. The highest BCUT2D eigenvalue weighted by molar-refractivity contribution is 7.95. The predicted molar refractivity (Wildman–Crippen MR) is 128 cm³/mol. The van der Waals surface area contributed by atoms with Crippen molar-refractivity contribution in [2.45, 2.75) is 10.8 Å². The van der Waals surface area contributed by atoms with Crippen molar-refractivity contribution in [1.29, 1.82) is 0 Å². The molecule has 178 valence electrons. The Hall–Kier alpha value is -4.09. The molecule has 9 nitrogen and oxygen atoms in total. The average Bonchev–Trinajstić information content (AvgIpc) is 3.62. The van der Waals surface area contributed by atoms with Gasteiger partial charge in [-0.15, -0.1) is 11.3 Å². The lowest BCUT2D eigenvalue weighted by atomic mass is 9.94. The number of benzene rings is 1. The van der Waals surface area contributed by atoms with Gasteiger partial charge in [0.1, 0.15) is 26.9 Å². The fraction of sp³-hybridized carbons (Fsp3) is 0.0833. The predicted octanol–water partition coefficient (Wildman–Crippen LogP) is 1.60. The molecule has 1 aliphatic rings. The summed E-state index contributed by atoms with van der Waals surface area (Å²) in [4.78, 5) is 26.1. The monoisotopic (exact) mass is 510 g/mol. The number of furan rings is 2. The molecule has 0 saturated carbocycles. The summed E-state index contributed by atoms with van der Waals surface area (Å²) in [6, 6.07) is 14.1. The van der Waals surface area contributed by atoms with Crippen molar-refractivity contribution in [2.75, 3.05) is 7.11 Å². The van der Waals surface area contributed by atoms with Gasteiger partial charge in [-0.25, -0.2) is 13.2 Å². The van der Waals surface area contributed by atoms with Crippen molar-refractivity contribution >= 4 is 44.6 Å². The lowest BCUT2D eigenvalue weighted by Gasteiger charge is -2.26. The maximum Gasteiger partial charge on any atom is 0.337 e. The van der Waals surface area contributed by atoms with Crippen LogP contribution in [0.15, 0.2) is 90.6 Å². The molecule has 0 unspecified atom stereocenters. The Bertz CT molecular complexity index is 1730. The molecule has 4 heterocycles. The summed E-state index contributed by atoms with van der Waals surface area (Å²) in [5, 5.41) is 0. The van der Waals surface area contributed by atoms with E-state index < -0.39 is 27.3 Å². The summed E-state index contributed by atoms with van der Waals surface area (Å²) in [6.45, 7) is 0. The third-order valence-electron chi connectivity index (χ3n) is 5.49. The number of nitrogens with zero attached hydrogens (tertiary/aromatic N) is 1. The lowest BCUT2D eigenvalue weighted by molar-refractivity contribution is -0.134. The summed E-state index contributed by atoms with van der Waals surface area (Å²) in [5.74, 6) is -1.82. The fourth-order valence-electron chi connectivity index (χ4n) is 3.96. The number of esters is 1. The molecule has 3 aromatic heterocycles. The molecule has 35 heavy (non-hydrogen) atoms. The van der Waals surface area contributed by atoms with E-state index in [0.717, 1.165) is 15.9 Å². The molecule has 0 bridgehead atoms. The Labute approximate surface area is 202 Å². The van der Waals surface area contributed by atoms with E-state index >= 15 is 0 Å². The van der Waals surface area contributed by atoms with E-state index in [0.29, 0.717) is 5.76 Å². The van der Waals surface area contributed by atoms with Crippen LogP contribution in [0.5, 0.6) is 0 Å². The average molecular weight is 511 g/mol. The number of aromatic nitrogens is 1. The van der Waals surface area contributed by atoms with Gasteiger partial charge in [-0.2, -0.15) is 0 Å². The van der Waals surface area contributed by atoms with Crippen LogP contribution in [0.25, 0.3) is 17.5 Å². The smallest absolute Gasteiger partial charge is 0.337 e. The molecule has 1 aliphatic heterocycles. The SMILES string of the molecule is COC(=O)C1=c2s/c(=C/c3ccco3)c(=O)n2C(N)=C(S(=O)(=O)c2ccccc2)[C@H]1c1ccco1. The van der Waals surface area contributed by atoms with Crippen molar-refractivity contribution in [1.82, 2.24) is 4.57 Å². The normalized spacial score (nSPS) is 16.4. The van der Waals surface area contributed by atoms with Gasteiger partial charge < -0.3 is 19.3 Å². The van der Waals surface area contributed by atoms with E-state index in [1.807, 2.05) is 0 Å². The molecule has 0 aliphatic carbocycles. The zero-order valence-electron chi connectivity index (χ0n) is 18.2. The first-order valence-electron chi connectivity index (χ1n) is 10.3. The Morgan fingerprint density at radius 3 is 2.43 bits per heavy atom. The van der Waals surface area contributed by atoms with Crippen LogP contribution in [0.3, 0.4) is 0 Å². The number of fused-ring (bicyclic) bond motifs is 1. The van der Waals surface area contributed by atoms with Gasteiger partial charge in [-0.3, -0.25) is 9.36 Å². The van der Waals surface area contributed by atoms with Gasteiger partial charge in [0.05, 0.1) is 40.6 Å². The number of carbonyl (C=O) groups excluding carboxylic acids is 1. The number of ether oxygens (including phenoxy) is 1. The number of carbonyl (C=O) groups is 1. The Morgan fingerprint density at radius 2 is 1.80 bits per heavy atom. The standard InChI is InChI=1S/C24H18N2O7S2/c1-31-24(28)19-18(16-10-6-12-33-16)20(35(29,30)15-8-3-2-4-9-15)21(25)26-22(27)17(34-23(19)26)13-14-7-5-11-32-14/h2-13,18H,25H2,1H3/b17-13+/t18-/m0/s1. The van der Waals surface area contributed by atoms with Gasteiger partial charge in [-0.05, 0) is 36.4 Å². The van der Waals surface area contributed by atoms with Gasteiger partial charge >= 0.3 is 5.97 Å². The van der Waals surface area contributed by atoms with Crippen molar-refractivity contribution in [3.8, 4) is 0 Å². The van der Waals surface area contributed by atoms with Crippen LogP contribution in [0.2, 0.25) is 0 Å². The van der Waals surface area contributed by atoms with Gasteiger partial charge in [0.25, 0.3) is 5.56 Å². The molecule has 11 heteroatoms. The zero-order valence-corrected chi connectivity index (χ0v) is 19.8. The van der Waals surface area contributed by atoms with Crippen LogP contribution < -0.4 is 20.5 Å². The number of sulfone groups is 1. The van der Waals surface area contributed by atoms with Crippen molar-refractivity contribution < 1.29 is 26.8 Å². The molecule has 0 spiro atoms. The Balaban J connectivity index is 1.93. The number of allylic oxidation sites excluding steroid dienone is 1. The van der Waals surface area contributed by atoms with E-state index in [9.17, 15) is 18.0 Å². The second-order valence-electron chi connectivity index (χ2n) is 7.49. The van der Waals surface area contributed by atoms with E-state index in [1.165, 1.54) is 37.8 Å². The molecular formula is C24H18N2O7S2. The molecule has 0 saturated heterocycles. The Kier molecular flexibility index (Phi) is 5.58. The second kappa shape index (κ2) is 8.60. The summed E-state index contributed by atoms with van der Waals surface area (Å²) >= 11 is 0.972. The van der Waals surface area contributed by atoms with Gasteiger partial charge in [0.15, 0.2) is 0 Å². The van der Waals surface area contributed by atoms with Crippen LogP contribution >= 0.6 is 11.3 Å². The number of nitrogens with two attached hydrogens (primary N) is 1. The highest BCUT2D eigenvalue weighted by atomic mass is 32.2. The fourth-order valence-corrected chi connectivity index (χ4v) is 6.78. The summed E-state index contributed by atoms with van der Waals surface area (Å²) in [6.07, 6.45) is 4.31. The highest BCUT2D eigenvalue weighted by Gasteiger charge is 2.43. The lowest BCUT2D eigenvalue weighted by Crippen LogP contribution is -2.41. The number of hydrogen-bond acceptors (Lipinski definition) is 9. The van der Waals surface area contributed by atoms with E-state index in [1.54, 1.807) is 42.5 Å². The van der Waals surface area contributed by atoms with Crippen LogP contribution in [0.1, 0.15) is 17.4 Å². The third-order valence-corrected chi connectivity index (χ3v) is 8.52. The highest BCUT2D eigenvalue weighted by Crippen LogP contribution is 2.42. The number of thiazole rings is 1. The number of hydrogen-bond donors (Lipinski definition) is 1. The largest absolute Gasteiger partial charge is 0.468 e. The Morgan fingerprint density at radius 1 is 1.09 bits per heavy atom. The first-order valence-corrected chi connectivity index (χ1v) is 12.6. The minimum absolute atomic E-state index is 0.0483. The molecule has 1 atom stereocenters. The van der Waals surface area contributed by atoms with E-state index in [2.05, 4.69) is 0 Å². The summed E-state index contributed by atoms with van der Waals surface area (Å²) < 4.78 is 45.0. The van der Waals surface area contributed by atoms with E-state index in [-0.39, 0.29) is 36.2 Å². The van der Waals surface area contributed by atoms with Crippen LogP contribution in [0, 0.1) is 0 Å². The molecule has 2 N–H and O–H groups in total. The molecule has 0 fully saturated rings. The molecule has 0 amide bonds. The minimum atomic E-state index is -4.28. The zero-order chi connectivity index (χ0) is 24.7. The number of methoxy groups -OCH3 is 1. The van der Waals surface area contributed by atoms with Crippen LogP contribution in [0.4, 0.5) is 0 Å². The quantitative estimate of drug-likeness (QED) is 0.400. The second-order valence-corrected chi connectivity index (χ2v) is 10.4. The van der Waals surface area contributed by atoms with Gasteiger partial charge in [-0.1, -0.05) is 18.2 Å². The maximum absolute atomic E-state index is 13.9. The molecule has 5 rings (SSSR count). The van der Waals surface area contributed by atoms with Crippen LogP contribution in [-0.2, 0) is 19.4 Å². The van der Waals surface area contributed by atoms with Crippen molar-refractivity contribution in [2.24, 2.45) is 5.73 Å². The van der Waals surface area contributed by atoms with Crippen molar-refractivity contribution in [3.63, 3.8) is 0 Å². The van der Waals surface area contributed by atoms with Crippen LogP contribution in [-0.4, -0.2) is 26.1 Å². The summed E-state index contributed by atoms with van der Waals surface area (Å²) in [7, 11) is -3.10. The molecule has 4 aromatic rings. The first kappa shape index (κ1) is 22.7. The first-order chi connectivity index (χ1) is 16.8. The van der Waals surface area contributed by atoms with Gasteiger partial charge in [0, 0.05) is 6.08 Å². The minimum Gasteiger partial charge on any atom is -0.468 e. The molecule has 1 aromatic carbocycles.